The van der Waals surface area contributed by atoms with Crippen molar-refractivity contribution < 1.29 is 28.3 Å². The van der Waals surface area contributed by atoms with Gasteiger partial charge in [-0.2, -0.15) is 0 Å². The van der Waals surface area contributed by atoms with Crippen molar-refractivity contribution in [2.45, 2.75) is 39.4 Å². The number of ether oxygens (including phenoxy) is 1. The van der Waals surface area contributed by atoms with Gasteiger partial charge in [0.15, 0.2) is 5.79 Å². The molecule has 0 bridgehead atoms. The predicted octanol–water partition coefficient (Wildman–Crippen LogP) is 2.23. The minimum Gasteiger partial charge on any atom is -0.350 e. The zero-order chi connectivity index (χ0) is 11.9. The van der Waals surface area contributed by atoms with E-state index < -0.39 is 13.6 Å². The first kappa shape index (κ1) is 15.0. The summed E-state index contributed by atoms with van der Waals surface area (Å²) in [4.78, 5) is 13.3. The van der Waals surface area contributed by atoms with E-state index in [2.05, 4.69) is 9.56 Å². The lowest BCUT2D eigenvalue weighted by Gasteiger charge is -2.29. The fraction of sp³-hybridized carbons (Fsp3) is 1.00. The molecule has 0 aromatic heterocycles. The number of rotatable bonds is 8. The van der Waals surface area contributed by atoms with Gasteiger partial charge in [0.05, 0.1) is 7.11 Å². The van der Waals surface area contributed by atoms with E-state index in [-0.39, 0.29) is 0 Å². The molecule has 2 unspecified atom stereocenters. The van der Waals surface area contributed by atoms with Crippen molar-refractivity contribution >= 4 is 7.82 Å². The first-order valence-electron chi connectivity index (χ1n) is 4.79. The van der Waals surface area contributed by atoms with Crippen molar-refractivity contribution in [2.24, 2.45) is 0 Å². The van der Waals surface area contributed by atoms with E-state index in [0.29, 0.717) is 13.0 Å². The molecule has 0 spiro atoms. The van der Waals surface area contributed by atoms with Crippen LogP contribution in [0.5, 0.6) is 0 Å². The number of phosphoric acid groups is 1. The van der Waals surface area contributed by atoms with Crippen LogP contribution in [0.25, 0.3) is 0 Å². The fourth-order valence-corrected chi connectivity index (χ4v) is 1.75. The summed E-state index contributed by atoms with van der Waals surface area (Å²) in [6, 6.07) is 0. The standard InChI is InChI=1S/C8H19O6P/c1-5-7-12-8(3,6-2)13-15(9,10)14-11-4/h5-7H2,1-4H3,(H,9,10). The van der Waals surface area contributed by atoms with Gasteiger partial charge in [0.1, 0.15) is 0 Å². The highest BCUT2D eigenvalue weighted by molar-refractivity contribution is 7.47. The average Bonchev–Trinajstić information content (AvgIpc) is 2.14. The third-order valence-electron chi connectivity index (χ3n) is 1.73. The van der Waals surface area contributed by atoms with Gasteiger partial charge < -0.3 is 9.63 Å². The van der Waals surface area contributed by atoms with Gasteiger partial charge in [-0.25, -0.2) is 9.45 Å². The van der Waals surface area contributed by atoms with Gasteiger partial charge in [-0.15, -0.1) is 4.67 Å². The third-order valence-corrected chi connectivity index (χ3v) is 2.69. The molecule has 0 heterocycles. The minimum absolute atomic E-state index is 0.421. The van der Waals surface area contributed by atoms with Crippen molar-refractivity contribution in [2.75, 3.05) is 13.7 Å². The normalized spacial score (nSPS) is 19.5. The SMILES string of the molecule is CCCOC(C)(CC)OP(=O)(O)OOC. The van der Waals surface area contributed by atoms with Gasteiger partial charge in [0, 0.05) is 6.61 Å². The Bertz CT molecular complexity index is 221. The summed E-state index contributed by atoms with van der Waals surface area (Å²) in [7, 11) is -3.09. The van der Waals surface area contributed by atoms with Gasteiger partial charge in [-0.1, -0.05) is 13.8 Å². The zero-order valence-corrected chi connectivity index (χ0v) is 10.5. The molecule has 0 saturated carbocycles. The molecular formula is C8H19O6P. The molecule has 0 aromatic carbocycles. The van der Waals surface area contributed by atoms with E-state index in [1.807, 2.05) is 6.92 Å². The molecule has 0 aliphatic heterocycles. The van der Waals surface area contributed by atoms with Crippen LogP contribution >= 0.6 is 7.82 Å². The second kappa shape index (κ2) is 6.58. The Balaban J connectivity index is 4.34. The van der Waals surface area contributed by atoms with Crippen LogP contribution in [0.15, 0.2) is 0 Å². The van der Waals surface area contributed by atoms with Gasteiger partial charge in [0.25, 0.3) is 0 Å². The number of hydrogen-bond donors (Lipinski definition) is 1. The summed E-state index contributed by atoms with van der Waals surface area (Å²) >= 11 is 0. The maximum Gasteiger partial charge on any atom is 0.502 e. The summed E-state index contributed by atoms with van der Waals surface area (Å²) in [5.41, 5.74) is 0. The predicted molar refractivity (Wildman–Crippen MR) is 53.9 cm³/mol. The van der Waals surface area contributed by atoms with Crippen LogP contribution in [0.2, 0.25) is 0 Å². The van der Waals surface area contributed by atoms with Crippen LogP contribution in [0.4, 0.5) is 0 Å². The van der Waals surface area contributed by atoms with E-state index in [1.165, 1.54) is 0 Å². The molecule has 0 radical (unpaired) electrons. The van der Waals surface area contributed by atoms with E-state index in [0.717, 1.165) is 13.5 Å². The Morgan fingerprint density at radius 2 is 2.00 bits per heavy atom. The van der Waals surface area contributed by atoms with Gasteiger partial charge >= 0.3 is 7.82 Å². The molecule has 2 atom stereocenters. The molecule has 0 aromatic rings. The monoisotopic (exact) mass is 242 g/mol. The number of hydrogen-bond acceptors (Lipinski definition) is 5. The maximum atomic E-state index is 11.3. The van der Waals surface area contributed by atoms with Gasteiger partial charge in [-0.05, 0) is 19.8 Å². The molecule has 0 aliphatic rings. The summed E-state index contributed by atoms with van der Waals surface area (Å²) < 4.78 is 25.6. The van der Waals surface area contributed by atoms with Gasteiger partial charge in [-0.3, -0.25) is 4.52 Å². The first-order chi connectivity index (χ1) is 6.89. The lowest BCUT2D eigenvalue weighted by atomic mass is 10.2. The highest BCUT2D eigenvalue weighted by Gasteiger charge is 2.35. The van der Waals surface area contributed by atoms with Crippen molar-refractivity contribution in [3.8, 4) is 0 Å². The van der Waals surface area contributed by atoms with Crippen LogP contribution in [0, 0.1) is 0 Å². The fourth-order valence-electron chi connectivity index (χ4n) is 0.864. The molecule has 15 heavy (non-hydrogen) atoms. The average molecular weight is 242 g/mol. The smallest absolute Gasteiger partial charge is 0.350 e. The molecule has 92 valence electrons. The molecule has 1 N–H and O–H groups in total. The van der Waals surface area contributed by atoms with Gasteiger partial charge in [0.2, 0.25) is 0 Å². The van der Waals surface area contributed by atoms with Crippen LogP contribution in [-0.2, 0) is 23.4 Å². The lowest BCUT2D eigenvalue weighted by molar-refractivity contribution is -0.234. The molecular weight excluding hydrogens is 223 g/mol. The van der Waals surface area contributed by atoms with Crippen molar-refractivity contribution in [1.29, 1.82) is 0 Å². The summed E-state index contributed by atoms with van der Waals surface area (Å²) in [6.07, 6.45) is 1.21. The Hall–Kier alpha value is 0.0300. The number of phosphoric ester groups is 1. The quantitative estimate of drug-likeness (QED) is 0.304. The molecule has 7 heteroatoms. The highest BCUT2D eigenvalue weighted by atomic mass is 31.2. The Morgan fingerprint density at radius 1 is 1.40 bits per heavy atom. The molecule has 6 nitrogen and oxygen atoms in total. The highest BCUT2D eigenvalue weighted by Crippen LogP contribution is 2.48. The van der Waals surface area contributed by atoms with E-state index in [9.17, 15) is 9.46 Å². The minimum atomic E-state index is -4.22. The van der Waals surface area contributed by atoms with Crippen LogP contribution in [-0.4, -0.2) is 24.4 Å². The summed E-state index contributed by atoms with van der Waals surface area (Å²) in [5.74, 6) is -1.14. The topological polar surface area (TPSA) is 74.2 Å². The third kappa shape index (κ3) is 6.25. The van der Waals surface area contributed by atoms with Crippen molar-refractivity contribution in [3.05, 3.63) is 0 Å². The second-order valence-electron chi connectivity index (χ2n) is 3.14. The van der Waals surface area contributed by atoms with Crippen LogP contribution in [0.3, 0.4) is 0 Å². The Kier molecular flexibility index (Phi) is 6.59. The molecule has 0 amide bonds. The molecule has 0 saturated heterocycles. The molecule has 0 aliphatic carbocycles. The summed E-state index contributed by atoms with van der Waals surface area (Å²) in [5, 5.41) is 0. The largest absolute Gasteiger partial charge is 0.502 e. The Labute approximate surface area is 90.0 Å². The zero-order valence-electron chi connectivity index (χ0n) is 9.56. The maximum absolute atomic E-state index is 11.3. The van der Waals surface area contributed by atoms with Crippen molar-refractivity contribution in [1.82, 2.24) is 0 Å². The molecule has 0 rings (SSSR count). The van der Waals surface area contributed by atoms with E-state index in [1.54, 1.807) is 13.8 Å². The van der Waals surface area contributed by atoms with E-state index in [4.69, 9.17) is 9.26 Å². The summed E-state index contributed by atoms with van der Waals surface area (Å²) in [6.45, 7) is 5.73. The van der Waals surface area contributed by atoms with Crippen LogP contribution in [0.1, 0.15) is 33.6 Å². The second-order valence-corrected chi connectivity index (χ2v) is 4.41. The van der Waals surface area contributed by atoms with Crippen LogP contribution < -0.4 is 0 Å². The Morgan fingerprint density at radius 3 is 2.40 bits per heavy atom. The van der Waals surface area contributed by atoms with E-state index >= 15 is 0 Å². The molecule has 0 fully saturated rings. The van der Waals surface area contributed by atoms with Crippen molar-refractivity contribution in [3.63, 3.8) is 0 Å². The lowest BCUT2D eigenvalue weighted by Crippen LogP contribution is -2.31. The first-order valence-corrected chi connectivity index (χ1v) is 6.28.